The second-order valence-corrected chi connectivity index (χ2v) is 8.80. The lowest BCUT2D eigenvalue weighted by molar-refractivity contribution is -0.136. The van der Waals surface area contributed by atoms with Gasteiger partial charge in [-0.05, 0) is 43.4 Å². The maximum atomic E-state index is 12.8. The van der Waals surface area contributed by atoms with Crippen LogP contribution in [0.15, 0.2) is 18.2 Å². The first-order valence-corrected chi connectivity index (χ1v) is 11.1. The van der Waals surface area contributed by atoms with E-state index in [1.807, 2.05) is 6.92 Å². The molecule has 1 fully saturated rings. The fraction of sp³-hybridized carbons (Fsp3) is 0.474. The molecule has 0 aromatic heterocycles. The van der Waals surface area contributed by atoms with Crippen LogP contribution in [0.3, 0.4) is 0 Å². The summed E-state index contributed by atoms with van der Waals surface area (Å²) in [4.78, 5) is 49.8. The molecule has 0 spiro atoms. The summed E-state index contributed by atoms with van der Waals surface area (Å²) in [5.74, 6) is -2.20. The Balaban J connectivity index is 1.75. The molecule has 156 valence electrons. The van der Waals surface area contributed by atoms with Gasteiger partial charge in [0.1, 0.15) is 6.04 Å². The summed E-state index contributed by atoms with van der Waals surface area (Å²) < 4.78 is 27.7. The summed E-state index contributed by atoms with van der Waals surface area (Å²) in [5.41, 5.74) is 1.17. The molecule has 0 bridgehead atoms. The van der Waals surface area contributed by atoms with Gasteiger partial charge in [-0.15, -0.1) is 0 Å². The number of aryl methyl sites for hydroxylation is 1. The summed E-state index contributed by atoms with van der Waals surface area (Å²) in [6, 6.07) is 3.82. The molecule has 2 aliphatic heterocycles. The molecule has 1 aromatic carbocycles. The molecule has 1 saturated heterocycles. The summed E-state index contributed by atoms with van der Waals surface area (Å²) in [6.07, 6.45) is 2.09. The SMILES string of the molecule is CCC(CCc1ccc2c(c1)C(=O)N(C1CCC(=O)NC1=O)C2=O)OS(C)(=O)=O. The summed E-state index contributed by atoms with van der Waals surface area (Å²) in [7, 11) is -3.56. The van der Waals surface area contributed by atoms with Gasteiger partial charge in [0.15, 0.2) is 0 Å². The molecule has 0 aliphatic carbocycles. The van der Waals surface area contributed by atoms with Gasteiger partial charge in [0.05, 0.1) is 23.5 Å². The first-order valence-electron chi connectivity index (χ1n) is 9.33. The van der Waals surface area contributed by atoms with Crippen LogP contribution in [0.4, 0.5) is 0 Å². The monoisotopic (exact) mass is 422 g/mol. The normalized spacial score (nSPS) is 20.6. The number of rotatable bonds is 7. The third-order valence-corrected chi connectivity index (χ3v) is 5.65. The lowest BCUT2D eigenvalue weighted by Gasteiger charge is -2.27. The molecule has 2 unspecified atom stereocenters. The lowest BCUT2D eigenvalue weighted by atomic mass is 10.0. The molecular weight excluding hydrogens is 400 g/mol. The van der Waals surface area contributed by atoms with Crippen molar-refractivity contribution >= 4 is 33.7 Å². The highest BCUT2D eigenvalue weighted by Gasteiger charge is 2.44. The standard InChI is InChI=1S/C19H22N2O7S/c1-3-12(28-29(2,26)27)6-4-11-5-7-13-14(10-11)19(25)21(18(13)24)15-8-9-16(22)20-17(15)23/h5,7,10,12,15H,3-4,6,8-9H2,1-2H3,(H,20,22,23). The Morgan fingerprint density at radius 3 is 2.48 bits per heavy atom. The van der Waals surface area contributed by atoms with Crippen LogP contribution in [0.5, 0.6) is 0 Å². The van der Waals surface area contributed by atoms with E-state index in [-0.39, 0.29) is 24.0 Å². The molecule has 10 heteroatoms. The van der Waals surface area contributed by atoms with E-state index in [1.54, 1.807) is 12.1 Å². The second-order valence-electron chi connectivity index (χ2n) is 7.20. The predicted octanol–water partition coefficient (Wildman–Crippen LogP) is 0.775. The third-order valence-electron chi connectivity index (χ3n) is 5.03. The van der Waals surface area contributed by atoms with Gasteiger partial charge in [0.25, 0.3) is 21.9 Å². The summed E-state index contributed by atoms with van der Waals surface area (Å²) in [5, 5.41) is 2.16. The molecular formula is C19H22N2O7S. The molecule has 0 radical (unpaired) electrons. The first kappa shape index (κ1) is 21.1. The highest BCUT2D eigenvalue weighted by Crippen LogP contribution is 2.28. The Labute approximate surface area is 168 Å². The molecule has 9 nitrogen and oxygen atoms in total. The number of nitrogens with one attached hydrogen (secondary N) is 1. The molecule has 2 atom stereocenters. The maximum Gasteiger partial charge on any atom is 0.264 e. The number of benzene rings is 1. The Bertz CT molecular complexity index is 986. The number of carbonyl (C=O) groups excluding carboxylic acids is 4. The van der Waals surface area contributed by atoms with E-state index in [0.717, 1.165) is 16.7 Å². The van der Waals surface area contributed by atoms with Crippen LogP contribution in [0.1, 0.15) is 58.9 Å². The van der Waals surface area contributed by atoms with Crippen molar-refractivity contribution in [3.8, 4) is 0 Å². The van der Waals surface area contributed by atoms with Gasteiger partial charge < -0.3 is 0 Å². The van der Waals surface area contributed by atoms with E-state index in [1.165, 1.54) is 6.07 Å². The van der Waals surface area contributed by atoms with Crippen molar-refractivity contribution in [1.82, 2.24) is 10.2 Å². The van der Waals surface area contributed by atoms with Crippen LogP contribution in [-0.4, -0.2) is 55.3 Å². The summed E-state index contributed by atoms with van der Waals surface area (Å²) in [6.45, 7) is 1.82. The Kier molecular flexibility index (Phi) is 5.85. The minimum absolute atomic E-state index is 0.0633. The number of piperidine rings is 1. The fourth-order valence-corrected chi connectivity index (χ4v) is 4.30. The third kappa shape index (κ3) is 4.54. The summed E-state index contributed by atoms with van der Waals surface area (Å²) >= 11 is 0. The Hall–Kier alpha value is -2.59. The van der Waals surface area contributed by atoms with Gasteiger partial charge >= 0.3 is 0 Å². The van der Waals surface area contributed by atoms with Crippen molar-refractivity contribution in [3.63, 3.8) is 0 Å². The van der Waals surface area contributed by atoms with E-state index >= 15 is 0 Å². The largest absolute Gasteiger partial charge is 0.295 e. The van der Waals surface area contributed by atoms with Crippen molar-refractivity contribution in [2.75, 3.05) is 6.26 Å². The lowest BCUT2D eigenvalue weighted by Crippen LogP contribution is -2.54. The van der Waals surface area contributed by atoms with Crippen LogP contribution in [0, 0.1) is 0 Å². The minimum atomic E-state index is -3.56. The van der Waals surface area contributed by atoms with Crippen molar-refractivity contribution < 1.29 is 31.8 Å². The fourth-order valence-electron chi connectivity index (χ4n) is 3.57. The smallest absolute Gasteiger partial charge is 0.264 e. The topological polar surface area (TPSA) is 127 Å². The number of carbonyl (C=O) groups is 4. The minimum Gasteiger partial charge on any atom is -0.295 e. The molecule has 29 heavy (non-hydrogen) atoms. The first-order chi connectivity index (χ1) is 13.6. The Morgan fingerprint density at radius 1 is 1.17 bits per heavy atom. The van der Waals surface area contributed by atoms with E-state index < -0.39 is 45.9 Å². The maximum absolute atomic E-state index is 12.8. The van der Waals surface area contributed by atoms with Crippen LogP contribution in [0.25, 0.3) is 0 Å². The Morgan fingerprint density at radius 2 is 1.86 bits per heavy atom. The highest BCUT2D eigenvalue weighted by molar-refractivity contribution is 7.86. The number of amides is 4. The van der Waals surface area contributed by atoms with E-state index in [9.17, 15) is 27.6 Å². The van der Waals surface area contributed by atoms with Gasteiger partial charge in [0.2, 0.25) is 11.8 Å². The number of hydrogen-bond donors (Lipinski definition) is 1. The van der Waals surface area contributed by atoms with Gasteiger partial charge in [-0.2, -0.15) is 8.42 Å². The molecule has 2 aliphatic rings. The van der Waals surface area contributed by atoms with Crippen molar-refractivity contribution in [2.45, 2.75) is 51.2 Å². The molecule has 0 saturated carbocycles. The van der Waals surface area contributed by atoms with Crippen LogP contribution >= 0.6 is 0 Å². The van der Waals surface area contributed by atoms with E-state index in [2.05, 4.69) is 5.32 Å². The molecule has 1 aromatic rings. The van der Waals surface area contributed by atoms with E-state index in [4.69, 9.17) is 4.18 Å². The van der Waals surface area contributed by atoms with Gasteiger partial charge in [0, 0.05) is 6.42 Å². The average molecular weight is 422 g/mol. The highest BCUT2D eigenvalue weighted by atomic mass is 32.2. The van der Waals surface area contributed by atoms with Gasteiger partial charge in [-0.25, -0.2) is 0 Å². The van der Waals surface area contributed by atoms with Gasteiger partial charge in [-0.3, -0.25) is 33.6 Å². The van der Waals surface area contributed by atoms with Crippen LogP contribution < -0.4 is 5.32 Å². The number of nitrogens with zero attached hydrogens (tertiary/aromatic N) is 1. The second kappa shape index (κ2) is 8.03. The number of fused-ring (bicyclic) bond motifs is 1. The molecule has 1 N–H and O–H groups in total. The van der Waals surface area contributed by atoms with E-state index in [0.29, 0.717) is 19.3 Å². The van der Waals surface area contributed by atoms with Crippen LogP contribution in [-0.2, 0) is 30.3 Å². The molecule has 4 amide bonds. The average Bonchev–Trinajstić information content (AvgIpc) is 2.88. The zero-order chi connectivity index (χ0) is 21.3. The predicted molar refractivity (Wildman–Crippen MR) is 101 cm³/mol. The zero-order valence-corrected chi connectivity index (χ0v) is 17.0. The quantitative estimate of drug-likeness (QED) is 0.508. The van der Waals surface area contributed by atoms with Crippen molar-refractivity contribution in [2.24, 2.45) is 0 Å². The zero-order valence-electron chi connectivity index (χ0n) is 16.1. The van der Waals surface area contributed by atoms with Crippen molar-refractivity contribution in [3.05, 3.63) is 34.9 Å². The number of hydrogen-bond acceptors (Lipinski definition) is 7. The molecule has 2 heterocycles. The molecule has 3 rings (SSSR count). The van der Waals surface area contributed by atoms with Crippen LogP contribution in [0.2, 0.25) is 0 Å². The number of imide groups is 2. The van der Waals surface area contributed by atoms with Gasteiger partial charge in [-0.1, -0.05) is 13.0 Å². The van der Waals surface area contributed by atoms with Crippen molar-refractivity contribution in [1.29, 1.82) is 0 Å².